The fraction of sp³-hybridized carbons (Fsp3) is 0.619. The predicted octanol–water partition coefficient (Wildman–Crippen LogP) is 4.20. The number of nitrogens with one attached hydrogen (secondary N) is 3. The number of guanidine groups is 1. The van der Waals surface area contributed by atoms with E-state index in [2.05, 4.69) is 20.9 Å². The number of aliphatic imine (C=N–C) groups is 1. The van der Waals surface area contributed by atoms with Crippen molar-refractivity contribution in [2.75, 3.05) is 19.3 Å². The molecule has 0 atom stereocenters. The predicted molar refractivity (Wildman–Crippen MR) is 131 cm³/mol. The molecule has 1 amide bonds. The lowest BCUT2D eigenvalue weighted by molar-refractivity contribution is -0.121. The van der Waals surface area contributed by atoms with Crippen LogP contribution in [-0.2, 0) is 17.1 Å². The lowest BCUT2D eigenvalue weighted by Crippen LogP contribution is -2.41. The van der Waals surface area contributed by atoms with Crippen LogP contribution < -0.4 is 16.0 Å². The Morgan fingerprint density at radius 1 is 1.21 bits per heavy atom. The van der Waals surface area contributed by atoms with E-state index in [1.807, 2.05) is 13.2 Å². The number of benzene rings is 1. The van der Waals surface area contributed by atoms with Crippen molar-refractivity contribution in [1.82, 2.24) is 16.0 Å². The van der Waals surface area contributed by atoms with Crippen molar-refractivity contribution in [3.63, 3.8) is 0 Å². The highest BCUT2D eigenvalue weighted by Crippen LogP contribution is 2.18. The maximum atomic E-state index is 13.5. The molecule has 0 radical (unpaired) electrons. The summed E-state index contributed by atoms with van der Waals surface area (Å²) in [4.78, 5) is 16.7. The molecule has 5 nitrogen and oxygen atoms in total. The van der Waals surface area contributed by atoms with Gasteiger partial charge >= 0.3 is 0 Å². The van der Waals surface area contributed by atoms with Gasteiger partial charge in [0.05, 0.1) is 6.54 Å². The number of carbonyl (C=O) groups is 1. The minimum absolute atomic E-state index is 0. The smallest absolute Gasteiger partial charge is 0.221 e. The zero-order valence-corrected chi connectivity index (χ0v) is 20.6. The van der Waals surface area contributed by atoms with Crippen LogP contribution in [0.15, 0.2) is 23.2 Å². The van der Waals surface area contributed by atoms with Gasteiger partial charge in [0.1, 0.15) is 5.82 Å². The quantitative estimate of drug-likeness (QED) is 0.252. The van der Waals surface area contributed by atoms with Crippen LogP contribution in [-0.4, -0.2) is 37.3 Å². The summed E-state index contributed by atoms with van der Waals surface area (Å²) in [5.74, 6) is 1.31. The summed E-state index contributed by atoms with van der Waals surface area (Å²) in [7, 11) is 0. The van der Waals surface area contributed by atoms with Crippen molar-refractivity contribution < 1.29 is 9.18 Å². The van der Waals surface area contributed by atoms with Gasteiger partial charge in [-0.2, -0.15) is 11.8 Å². The number of rotatable bonds is 9. The maximum Gasteiger partial charge on any atom is 0.221 e. The Hall–Kier alpha value is -1.03. The lowest BCUT2D eigenvalue weighted by atomic mass is 9.95. The second-order valence-electron chi connectivity index (χ2n) is 7.12. The first-order chi connectivity index (χ1) is 13.6. The van der Waals surface area contributed by atoms with E-state index in [-0.39, 0.29) is 35.7 Å². The number of thioether (sulfide) groups is 1. The molecule has 1 fully saturated rings. The molecular weight excluding hydrogens is 502 g/mol. The van der Waals surface area contributed by atoms with E-state index < -0.39 is 0 Å². The van der Waals surface area contributed by atoms with Gasteiger partial charge < -0.3 is 16.0 Å². The summed E-state index contributed by atoms with van der Waals surface area (Å²) in [5, 5.41) is 9.55. The second-order valence-corrected chi connectivity index (χ2v) is 7.99. The molecule has 0 spiro atoms. The van der Waals surface area contributed by atoms with Crippen LogP contribution >= 0.6 is 35.7 Å². The van der Waals surface area contributed by atoms with Crippen LogP contribution in [0.2, 0.25) is 0 Å². The summed E-state index contributed by atoms with van der Waals surface area (Å²) in [6.45, 7) is 3.75. The zero-order valence-electron chi connectivity index (χ0n) is 17.4. The summed E-state index contributed by atoms with van der Waals surface area (Å²) >= 11 is 1.66. The Morgan fingerprint density at radius 3 is 2.66 bits per heavy atom. The van der Waals surface area contributed by atoms with E-state index in [4.69, 9.17) is 0 Å². The minimum atomic E-state index is -0.217. The monoisotopic (exact) mass is 536 g/mol. The van der Waals surface area contributed by atoms with Crippen molar-refractivity contribution in [3.8, 4) is 0 Å². The SMILES string of the molecule is CCNC(=NCc1ccc(F)cc1CSC)NCCC(=O)NC1CCCCC1.I. The van der Waals surface area contributed by atoms with Crippen molar-refractivity contribution >= 4 is 47.6 Å². The molecule has 8 heteroatoms. The molecule has 0 unspecified atom stereocenters. The summed E-state index contributed by atoms with van der Waals surface area (Å²) in [6, 6.07) is 5.20. The molecule has 0 aromatic heterocycles. The van der Waals surface area contributed by atoms with Crippen LogP contribution in [0.4, 0.5) is 4.39 Å². The number of amides is 1. The van der Waals surface area contributed by atoms with E-state index in [9.17, 15) is 9.18 Å². The summed E-state index contributed by atoms with van der Waals surface area (Å²) in [5.41, 5.74) is 1.99. The van der Waals surface area contributed by atoms with Crippen molar-refractivity contribution in [1.29, 1.82) is 0 Å². The van der Waals surface area contributed by atoms with Gasteiger partial charge in [0.25, 0.3) is 0 Å². The van der Waals surface area contributed by atoms with Crippen LogP contribution in [0.1, 0.15) is 56.6 Å². The number of hydrogen-bond acceptors (Lipinski definition) is 3. The highest BCUT2D eigenvalue weighted by atomic mass is 127. The van der Waals surface area contributed by atoms with Gasteiger partial charge in [-0.1, -0.05) is 25.3 Å². The first-order valence-electron chi connectivity index (χ1n) is 10.2. The summed E-state index contributed by atoms with van der Waals surface area (Å²) < 4.78 is 13.5. The molecule has 1 aliphatic rings. The highest BCUT2D eigenvalue weighted by Gasteiger charge is 2.15. The molecule has 0 heterocycles. The van der Waals surface area contributed by atoms with Crippen LogP contribution in [0.3, 0.4) is 0 Å². The number of nitrogens with zero attached hydrogens (tertiary/aromatic N) is 1. The number of carbonyl (C=O) groups excluding carboxylic acids is 1. The molecular formula is C21H34FIN4OS. The van der Waals surface area contributed by atoms with E-state index in [1.54, 1.807) is 23.9 Å². The van der Waals surface area contributed by atoms with E-state index in [0.717, 1.165) is 36.3 Å². The molecule has 1 aliphatic carbocycles. The Bertz CT molecular complexity index is 654. The average Bonchev–Trinajstić information content (AvgIpc) is 2.68. The molecule has 1 aromatic carbocycles. The Morgan fingerprint density at radius 2 is 1.97 bits per heavy atom. The third-order valence-electron chi connectivity index (χ3n) is 4.83. The Labute approximate surface area is 195 Å². The van der Waals surface area contributed by atoms with Crippen molar-refractivity contribution in [2.24, 2.45) is 4.99 Å². The molecule has 0 aliphatic heterocycles. The van der Waals surface area contributed by atoms with Crippen LogP contribution in [0.5, 0.6) is 0 Å². The second kappa shape index (κ2) is 14.9. The molecule has 3 N–H and O–H groups in total. The molecule has 0 saturated heterocycles. The molecule has 2 rings (SSSR count). The average molecular weight is 536 g/mol. The summed E-state index contributed by atoms with van der Waals surface area (Å²) in [6.07, 6.45) is 8.32. The fourth-order valence-corrected chi connectivity index (χ4v) is 3.97. The minimum Gasteiger partial charge on any atom is -0.357 e. The zero-order chi connectivity index (χ0) is 20.2. The van der Waals surface area contributed by atoms with Crippen LogP contribution in [0, 0.1) is 5.82 Å². The van der Waals surface area contributed by atoms with Gasteiger partial charge in [-0.15, -0.1) is 24.0 Å². The van der Waals surface area contributed by atoms with Gasteiger partial charge in [-0.05, 0) is 49.3 Å². The van der Waals surface area contributed by atoms with Gasteiger partial charge in [0.15, 0.2) is 5.96 Å². The fourth-order valence-electron chi connectivity index (χ4n) is 3.39. The molecule has 0 bridgehead atoms. The molecule has 29 heavy (non-hydrogen) atoms. The van der Waals surface area contributed by atoms with E-state index >= 15 is 0 Å². The van der Waals surface area contributed by atoms with E-state index in [1.165, 1.54) is 25.3 Å². The maximum absolute atomic E-state index is 13.5. The topological polar surface area (TPSA) is 65.5 Å². The van der Waals surface area contributed by atoms with E-state index in [0.29, 0.717) is 31.5 Å². The standard InChI is InChI=1S/C21H33FN4OS.HI/c1-3-23-21(24-12-11-20(27)26-19-7-5-4-6-8-19)25-14-16-9-10-18(22)13-17(16)15-28-2;/h9-10,13,19H,3-8,11-12,14-15H2,1-2H3,(H,26,27)(H2,23,24,25);1H. The molecule has 164 valence electrons. The van der Waals surface area contributed by atoms with Gasteiger partial charge in [0.2, 0.25) is 5.91 Å². The third-order valence-corrected chi connectivity index (χ3v) is 5.43. The Kier molecular flexibility index (Phi) is 13.3. The number of halogens is 2. The van der Waals surface area contributed by atoms with Gasteiger partial charge in [-0.3, -0.25) is 4.79 Å². The Balaban J connectivity index is 0.00000420. The normalized spacial score (nSPS) is 14.8. The largest absolute Gasteiger partial charge is 0.357 e. The number of hydrogen-bond donors (Lipinski definition) is 3. The highest BCUT2D eigenvalue weighted by molar-refractivity contribution is 14.0. The van der Waals surface area contributed by atoms with Crippen molar-refractivity contribution in [2.45, 2.75) is 63.8 Å². The third kappa shape index (κ3) is 10.0. The molecule has 1 saturated carbocycles. The first-order valence-corrected chi connectivity index (χ1v) is 11.6. The molecule has 1 aromatic rings. The first kappa shape index (κ1) is 26.0. The van der Waals surface area contributed by atoms with Crippen molar-refractivity contribution in [3.05, 3.63) is 35.1 Å². The van der Waals surface area contributed by atoms with Gasteiger partial charge in [-0.25, -0.2) is 9.38 Å². The lowest BCUT2D eigenvalue weighted by Gasteiger charge is -2.22. The van der Waals surface area contributed by atoms with Gasteiger partial charge in [0, 0.05) is 31.3 Å². The van der Waals surface area contributed by atoms with Crippen LogP contribution in [0.25, 0.3) is 0 Å².